The lowest BCUT2D eigenvalue weighted by atomic mass is 9.94. The van der Waals surface area contributed by atoms with Crippen LogP contribution in [-0.4, -0.2) is 21.7 Å². The first-order valence-corrected chi connectivity index (χ1v) is 8.85. The molecule has 1 saturated heterocycles. The minimum absolute atomic E-state index is 0.131. The number of rotatable bonds is 6. The topological polar surface area (TPSA) is 20.3 Å². The zero-order valence-corrected chi connectivity index (χ0v) is 13.8. The van der Waals surface area contributed by atoms with Crippen molar-refractivity contribution in [1.29, 1.82) is 0 Å². The number of thiocarbonyl (C=S) groups is 1. The second-order valence-electron chi connectivity index (χ2n) is 5.46. The molecule has 1 aliphatic carbocycles. The molecule has 1 aliphatic heterocycles. The van der Waals surface area contributed by atoms with Gasteiger partial charge in [-0.15, -0.1) is 0 Å². The number of allylic oxidation sites excluding steroid dienone is 3. The molecule has 0 saturated carbocycles. The van der Waals surface area contributed by atoms with E-state index < -0.39 is 0 Å². The molecule has 1 atom stereocenters. The lowest BCUT2D eigenvalue weighted by molar-refractivity contribution is -0.122. The zero-order valence-electron chi connectivity index (χ0n) is 12.1. The Labute approximate surface area is 131 Å². The second kappa shape index (κ2) is 7.99. The molecule has 0 N–H and O–H groups in total. The normalized spacial score (nSPS) is 24.9. The number of nitrogens with zero attached hydrogens (tertiary/aromatic N) is 1. The SMILES string of the molecule is CCCCCCN1C(=O)/C(=C/[C@@H]2CC=CCC2)SC1=S. The smallest absolute Gasteiger partial charge is 0.265 e. The number of unbranched alkanes of at least 4 members (excludes halogenated alkanes) is 3. The maximum atomic E-state index is 12.4. The molecule has 0 bridgehead atoms. The Balaban J connectivity index is 1.90. The summed E-state index contributed by atoms with van der Waals surface area (Å²) >= 11 is 6.84. The van der Waals surface area contributed by atoms with Gasteiger partial charge in [-0.1, -0.05) is 68.4 Å². The molecule has 0 aromatic carbocycles. The van der Waals surface area contributed by atoms with Gasteiger partial charge in [-0.3, -0.25) is 9.69 Å². The van der Waals surface area contributed by atoms with Crippen LogP contribution < -0.4 is 0 Å². The summed E-state index contributed by atoms with van der Waals surface area (Å²) in [6, 6.07) is 0. The molecule has 0 unspecified atom stereocenters. The molecule has 20 heavy (non-hydrogen) atoms. The maximum absolute atomic E-state index is 12.4. The Morgan fingerprint density at radius 2 is 2.25 bits per heavy atom. The highest BCUT2D eigenvalue weighted by molar-refractivity contribution is 8.26. The number of hydrogen-bond donors (Lipinski definition) is 0. The van der Waals surface area contributed by atoms with E-state index in [1.54, 1.807) is 4.90 Å². The summed E-state index contributed by atoms with van der Waals surface area (Å²) in [6.07, 6.45) is 14.6. The summed E-state index contributed by atoms with van der Waals surface area (Å²) in [5, 5.41) is 0. The lowest BCUT2D eigenvalue weighted by Gasteiger charge is -2.15. The van der Waals surface area contributed by atoms with Gasteiger partial charge in [0.1, 0.15) is 4.32 Å². The number of carbonyl (C=O) groups is 1. The van der Waals surface area contributed by atoms with Gasteiger partial charge < -0.3 is 0 Å². The van der Waals surface area contributed by atoms with Gasteiger partial charge in [-0.05, 0) is 31.6 Å². The highest BCUT2D eigenvalue weighted by Gasteiger charge is 2.31. The van der Waals surface area contributed by atoms with Crippen molar-refractivity contribution in [2.24, 2.45) is 5.92 Å². The quantitative estimate of drug-likeness (QED) is 0.308. The molecule has 0 radical (unpaired) electrons. The minimum atomic E-state index is 0.131. The van der Waals surface area contributed by atoms with Crippen molar-refractivity contribution in [3.63, 3.8) is 0 Å². The first-order valence-electron chi connectivity index (χ1n) is 7.63. The van der Waals surface area contributed by atoms with Gasteiger partial charge in [0.25, 0.3) is 5.91 Å². The van der Waals surface area contributed by atoms with Crippen LogP contribution in [0.3, 0.4) is 0 Å². The van der Waals surface area contributed by atoms with Crippen LogP contribution in [0.5, 0.6) is 0 Å². The third kappa shape index (κ3) is 4.19. The maximum Gasteiger partial charge on any atom is 0.265 e. The Hall–Kier alpha value is -0.610. The summed E-state index contributed by atoms with van der Waals surface area (Å²) < 4.78 is 0.740. The van der Waals surface area contributed by atoms with Crippen molar-refractivity contribution < 1.29 is 4.79 Å². The van der Waals surface area contributed by atoms with E-state index in [4.69, 9.17) is 12.2 Å². The molecule has 0 aromatic rings. The largest absolute Gasteiger partial charge is 0.293 e. The van der Waals surface area contributed by atoms with Crippen molar-refractivity contribution in [1.82, 2.24) is 4.90 Å². The number of carbonyl (C=O) groups excluding carboxylic acids is 1. The van der Waals surface area contributed by atoms with E-state index in [1.165, 1.54) is 31.0 Å². The van der Waals surface area contributed by atoms with E-state index in [1.807, 2.05) is 0 Å². The Bertz CT molecular complexity index is 428. The van der Waals surface area contributed by atoms with Crippen molar-refractivity contribution in [3.8, 4) is 0 Å². The molecule has 0 aromatic heterocycles. The second-order valence-corrected chi connectivity index (χ2v) is 7.14. The standard InChI is InChI=1S/C16H23NOS2/c1-2-3-4-8-11-17-15(18)14(20-16(17)19)12-13-9-6-5-7-10-13/h5-6,12-13H,2-4,7-11H2,1H3/b14-12-/t13-/m1/s1. The van der Waals surface area contributed by atoms with E-state index in [9.17, 15) is 4.79 Å². The molecule has 110 valence electrons. The molecule has 2 rings (SSSR count). The van der Waals surface area contributed by atoms with E-state index >= 15 is 0 Å². The Kier molecular flexibility index (Phi) is 6.30. The Morgan fingerprint density at radius 3 is 2.95 bits per heavy atom. The zero-order chi connectivity index (χ0) is 14.4. The lowest BCUT2D eigenvalue weighted by Crippen LogP contribution is -2.29. The monoisotopic (exact) mass is 309 g/mol. The molecular formula is C16H23NOS2. The predicted molar refractivity (Wildman–Crippen MR) is 90.6 cm³/mol. The summed E-state index contributed by atoms with van der Waals surface area (Å²) in [5.41, 5.74) is 0. The van der Waals surface area contributed by atoms with Crippen LogP contribution in [0.25, 0.3) is 0 Å². The first-order chi connectivity index (χ1) is 9.72. The number of hydrogen-bond acceptors (Lipinski definition) is 3. The van der Waals surface area contributed by atoms with Gasteiger partial charge in [0.15, 0.2) is 0 Å². The minimum Gasteiger partial charge on any atom is -0.293 e. The van der Waals surface area contributed by atoms with Gasteiger partial charge >= 0.3 is 0 Å². The summed E-state index contributed by atoms with van der Waals surface area (Å²) in [5.74, 6) is 0.639. The van der Waals surface area contributed by atoms with Crippen LogP contribution in [0.4, 0.5) is 0 Å². The number of thioether (sulfide) groups is 1. The van der Waals surface area contributed by atoms with Crippen LogP contribution in [0.1, 0.15) is 51.9 Å². The average molecular weight is 310 g/mol. The molecule has 2 aliphatic rings. The summed E-state index contributed by atoms with van der Waals surface area (Å²) in [7, 11) is 0. The van der Waals surface area contributed by atoms with Crippen LogP contribution in [0.15, 0.2) is 23.1 Å². The average Bonchev–Trinajstić information content (AvgIpc) is 2.72. The molecular weight excluding hydrogens is 286 g/mol. The van der Waals surface area contributed by atoms with Gasteiger partial charge in [0, 0.05) is 6.54 Å². The fourth-order valence-electron chi connectivity index (χ4n) is 2.59. The van der Waals surface area contributed by atoms with E-state index in [-0.39, 0.29) is 5.91 Å². The molecule has 2 nitrogen and oxygen atoms in total. The fraction of sp³-hybridized carbons (Fsp3) is 0.625. The van der Waals surface area contributed by atoms with Crippen molar-refractivity contribution in [2.75, 3.05) is 6.54 Å². The van der Waals surface area contributed by atoms with Crippen molar-refractivity contribution in [2.45, 2.75) is 51.9 Å². The molecule has 4 heteroatoms. The molecule has 1 fully saturated rings. The summed E-state index contributed by atoms with van der Waals surface area (Å²) in [6.45, 7) is 2.98. The van der Waals surface area contributed by atoms with Crippen LogP contribution in [0, 0.1) is 5.92 Å². The Morgan fingerprint density at radius 1 is 1.40 bits per heavy atom. The van der Waals surface area contributed by atoms with Crippen molar-refractivity contribution >= 4 is 34.2 Å². The first kappa shape index (κ1) is 15.8. The van der Waals surface area contributed by atoms with Crippen LogP contribution in [-0.2, 0) is 4.79 Å². The van der Waals surface area contributed by atoms with Crippen LogP contribution >= 0.6 is 24.0 Å². The van der Waals surface area contributed by atoms with Gasteiger partial charge in [0.05, 0.1) is 4.91 Å². The van der Waals surface area contributed by atoms with Crippen molar-refractivity contribution in [3.05, 3.63) is 23.1 Å². The third-order valence-corrected chi connectivity index (χ3v) is 5.20. The van der Waals surface area contributed by atoms with Gasteiger partial charge in [-0.25, -0.2) is 0 Å². The highest BCUT2D eigenvalue weighted by Crippen LogP contribution is 2.34. The highest BCUT2D eigenvalue weighted by atomic mass is 32.2. The molecule has 0 spiro atoms. The molecule has 1 amide bonds. The number of amides is 1. The van der Waals surface area contributed by atoms with Crippen LogP contribution in [0.2, 0.25) is 0 Å². The predicted octanol–water partition coefficient (Wildman–Crippen LogP) is 4.67. The molecule has 1 heterocycles. The third-order valence-electron chi connectivity index (χ3n) is 3.81. The van der Waals surface area contributed by atoms with E-state index in [0.29, 0.717) is 5.92 Å². The van der Waals surface area contributed by atoms with E-state index in [0.717, 1.165) is 41.5 Å². The van der Waals surface area contributed by atoms with Gasteiger partial charge in [-0.2, -0.15) is 0 Å². The van der Waals surface area contributed by atoms with E-state index in [2.05, 4.69) is 25.2 Å². The fourth-order valence-corrected chi connectivity index (χ4v) is 3.96. The van der Waals surface area contributed by atoms with Gasteiger partial charge in [0.2, 0.25) is 0 Å². The summed E-state index contributed by atoms with van der Waals surface area (Å²) in [4.78, 5) is 15.0.